The van der Waals surface area contributed by atoms with Crippen LogP contribution in [-0.4, -0.2) is 63.3 Å². The van der Waals surface area contributed by atoms with Gasteiger partial charge in [0.2, 0.25) is 0 Å². The van der Waals surface area contributed by atoms with Crippen LogP contribution in [0.2, 0.25) is 0 Å². The molecule has 0 aromatic carbocycles. The van der Waals surface area contributed by atoms with Crippen LogP contribution in [0.15, 0.2) is 24.4 Å². The van der Waals surface area contributed by atoms with Crippen LogP contribution in [0.3, 0.4) is 0 Å². The first-order chi connectivity index (χ1) is 14.0. The molecule has 0 atom stereocenters. The molecule has 4 aliphatic rings. The molecular weight excluding hydrogens is 456 g/mol. The van der Waals surface area contributed by atoms with Crippen LogP contribution in [0.25, 0.3) is 21.3 Å². The minimum atomic E-state index is -4.67. The number of piperidine rings is 3. The molecule has 3 saturated heterocycles. The van der Waals surface area contributed by atoms with Crippen molar-refractivity contribution in [1.29, 1.82) is 0 Å². The summed E-state index contributed by atoms with van der Waals surface area (Å²) in [6.07, 6.45) is 20.0. The molecule has 0 aliphatic carbocycles. The van der Waals surface area contributed by atoms with Gasteiger partial charge in [-0.15, -0.1) is 51.9 Å². The van der Waals surface area contributed by atoms with E-state index in [4.69, 9.17) is 17.5 Å². The fourth-order valence-electron chi connectivity index (χ4n) is 2.58. The Hall–Kier alpha value is -0.451. The van der Waals surface area contributed by atoms with E-state index in [9.17, 15) is 0 Å². The predicted octanol–water partition coefficient (Wildman–Crippen LogP) is 5.42. The quantitative estimate of drug-likeness (QED) is 0.344. The van der Waals surface area contributed by atoms with Crippen molar-refractivity contribution < 1.29 is 34.6 Å². The van der Waals surface area contributed by atoms with E-state index in [-0.39, 0.29) is 17.1 Å². The zero-order valence-electron chi connectivity index (χ0n) is 17.8. The molecule has 10 heteroatoms. The van der Waals surface area contributed by atoms with Crippen molar-refractivity contribution in [2.45, 2.75) is 57.8 Å². The second-order valence-corrected chi connectivity index (χ2v) is 7.67. The summed E-state index contributed by atoms with van der Waals surface area (Å²) in [6.45, 7) is 7.61. The van der Waals surface area contributed by atoms with E-state index in [1.807, 2.05) is 18.2 Å². The van der Waals surface area contributed by atoms with E-state index in [2.05, 4.69) is 21.3 Å². The van der Waals surface area contributed by atoms with Gasteiger partial charge in [-0.25, -0.2) is 0 Å². The summed E-state index contributed by atoms with van der Waals surface area (Å²) in [4.78, 5) is 0. The van der Waals surface area contributed by atoms with Crippen molar-refractivity contribution in [3.8, 4) is 0 Å². The average molecular weight is 494 g/mol. The van der Waals surface area contributed by atoms with Crippen LogP contribution in [0.5, 0.6) is 0 Å². The van der Waals surface area contributed by atoms with E-state index in [0.29, 0.717) is 0 Å². The molecule has 0 aromatic rings. The first kappa shape index (κ1) is 31.7. The Morgan fingerprint density at radius 1 is 0.600 bits per heavy atom. The van der Waals surface area contributed by atoms with E-state index in [0.717, 1.165) is 45.8 Å². The molecule has 0 saturated carbocycles. The number of nitrogens with zero attached hydrogens (tertiary/aromatic N) is 4. The SMILES string of the molecule is C1=CC[N-]C=C1.C1CC[N-]CC1.C1CC[N-]CC1.C1CC[N-]CC1.O=S(=O)(O)O.[Cu+2]. The molecular formula is C20H38CuN4O4S-2. The van der Waals surface area contributed by atoms with Crippen molar-refractivity contribution in [3.63, 3.8) is 0 Å². The van der Waals surface area contributed by atoms with Gasteiger partial charge in [-0.05, 0) is 0 Å². The first-order valence-corrected chi connectivity index (χ1v) is 12.0. The topological polar surface area (TPSA) is 131 Å². The standard InChI is InChI=1S/3C5H10N.C5H6N.Cu.H2O4S/c4*1-2-4-6-5-3-1;;1-5(2,3)4/h3*1-5H2;1-4H,5H2;;(H2,1,2,3,4)/q4*-1;+2;. The van der Waals surface area contributed by atoms with Gasteiger partial charge >= 0.3 is 27.5 Å². The minimum Gasteiger partial charge on any atom is -0.687 e. The van der Waals surface area contributed by atoms with Gasteiger partial charge in [-0.3, -0.25) is 9.11 Å². The maximum Gasteiger partial charge on any atom is 2.00 e. The smallest absolute Gasteiger partial charge is 0.687 e. The summed E-state index contributed by atoms with van der Waals surface area (Å²) in [5, 5.41) is 16.4. The Balaban J connectivity index is 0. The van der Waals surface area contributed by atoms with E-state index >= 15 is 0 Å². The Kier molecular flexibility index (Phi) is 26.2. The molecule has 3 fully saturated rings. The monoisotopic (exact) mass is 493 g/mol. The molecule has 0 bridgehead atoms. The molecule has 1 radical (unpaired) electrons. The van der Waals surface area contributed by atoms with Crippen molar-refractivity contribution in [3.05, 3.63) is 45.7 Å². The number of allylic oxidation sites excluding steroid dienone is 2. The summed E-state index contributed by atoms with van der Waals surface area (Å²) >= 11 is 0. The van der Waals surface area contributed by atoms with Crippen molar-refractivity contribution >= 4 is 10.4 Å². The van der Waals surface area contributed by atoms with Crippen molar-refractivity contribution in [1.82, 2.24) is 0 Å². The maximum atomic E-state index is 8.74. The fourth-order valence-corrected chi connectivity index (χ4v) is 2.58. The number of rotatable bonds is 0. The van der Waals surface area contributed by atoms with Gasteiger partial charge < -0.3 is 21.3 Å². The van der Waals surface area contributed by atoms with Gasteiger partial charge in [-0.2, -0.15) is 14.6 Å². The summed E-state index contributed by atoms with van der Waals surface area (Å²) in [5.41, 5.74) is 0. The van der Waals surface area contributed by atoms with Gasteiger partial charge in [-0.1, -0.05) is 69.9 Å². The normalized spacial score (nSPS) is 19.8. The zero-order valence-corrected chi connectivity index (χ0v) is 19.6. The Morgan fingerprint density at radius 3 is 1.00 bits per heavy atom. The third-order valence-corrected chi connectivity index (χ3v) is 4.05. The van der Waals surface area contributed by atoms with Gasteiger partial charge in [0.15, 0.2) is 0 Å². The molecule has 30 heavy (non-hydrogen) atoms. The molecule has 8 nitrogen and oxygen atoms in total. The Morgan fingerprint density at radius 2 is 0.933 bits per heavy atom. The molecule has 2 N–H and O–H groups in total. The summed E-state index contributed by atoms with van der Waals surface area (Å²) < 4.78 is 31.6. The Bertz CT molecular complexity index is 410. The molecule has 0 unspecified atom stereocenters. The third kappa shape index (κ3) is 35.0. The van der Waals surface area contributed by atoms with Gasteiger partial charge in [0.05, 0.1) is 0 Å². The second-order valence-electron chi connectivity index (χ2n) is 6.78. The van der Waals surface area contributed by atoms with E-state index in [1.54, 1.807) is 6.20 Å². The molecule has 4 heterocycles. The average Bonchev–Trinajstić information content (AvgIpc) is 2.79. The van der Waals surface area contributed by atoms with E-state index < -0.39 is 10.4 Å². The minimum absolute atomic E-state index is 0. The first-order valence-electron chi connectivity index (χ1n) is 10.6. The molecule has 181 valence electrons. The summed E-state index contributed by atoms with van der Waals surface area (Å²) in [7, 11) is -4.67. The summed E-state index contributed by atoms with van der Waals surface area (Å²) in [6, 6.07) is 0. The summed E-state index contributed by atoms with van der Waals surface area (Å²) in [5.74, 6) is 0. The van der Waals surface area contributed by atoms with Crippen LogP contribution >= 0.6 is 0 Å². The largest absolute Gasteiger partial charge is 2.00 e. The van der Waals surface area contributed by atoms with Crippen LogP contribution in [0.1, 0.15) is 57.8 Å². The van der Waals surface area contributed by atoms with Crippen molar-refractivity contribution in [2.24, 2.45) is 0 Å². The molecule has 4 rings (SSSR count). The third-order valence-electron chi connectivity index (χ3n) is 4.05. The van der Waals surface area contributed by atoms with Crippen LogP contribution in [0.4, 0.5) is 0 Å². The van der Waals surface area contributed by atoms with Gasteiger partial charge in [0, 0.05) is 0 Å². The van der Waals surface area contributed by atoms with Gasteiger partial charge in [0.25, 0.3) is 0 Å². The molecule has 4 aliphatic heterocycles. The van der Waals surface area contributed by atoms with Crippen LogP contribution in [-0.2, 0) is 27.5 Å². The van der Waals surface area contributed by atoms with E-state index in [1.165, 1.54) is 57.8 Å². The van der Waals surface area contributed by atoms with Gasteiger partial charge in [0.1, 0.15) is 0 Å². The Labute approximate surface area is 194 Å². The van der Waals surface area contributed by atoms with Crippen LogP contribution < -0.4 is 0 Å². The molecule has 0 aromatic heterocycles. The fraction of sp³-hybridized carbons (Fsp3) is 0.800. The zero-order chi connectivity index (χ0) is 21.5. The maximum absolute atomic E-state index is 8.74. The molecule has 0 amide bonds. The number of hydrogen-bond donors (Lipinski definition) is 2. The second kappa shape index (κ2) is 24.8. The number of hydrogen-bond acceptors (Lipinski definition) is 2. The van der Waals surface area contributed by atoms with Crippen molar-refractivity contribution in [2.75, 3.05) is 45.8 Å². The molecule has 0 spiro atoms. The van der Waals surface area contributed by atoms with Crippen LogP contribution in [0, 0.1) is 0 Å². The predicted molar refractivity (Wildman–Crippen MR) is 122 cm³/mol.